The van der Waals surface area contributed by atoms with Crippen molar-refractivity contribution in [3.63, 3.8) is 0 Å². The van der Waals surface area contributed by atoms with Gasteiger partial charge in [-0.2, -0.15) is 26.3 Å². The number of rotatable bonds is 10. The number of halogens is 6. The summed E-state index contributed by atoms with van der Waals surface area (Å²) in [7, 11) is 0. The fourth-order valence-corrected chi connectivity index (χ4v) is 3.36. The lowest BCUT2D eigenvalue weighted by atomic mass is 10.0. The lowest BCUT2D eigenvalue weighted by Crippen LogP contribution is -2.46. The van der Waals surface area contributed by atoms with Gasteiger partial charge in [-0.3, -0.25) is 4.79 Å². The second-order valence-electron chi connectivity index (χ2n) is 7.72. The summed E-state index contributed by atoms with van der Waals surface area (Å²) in [4.78, 5) is 14.8. The molecule has 1 N–H and O–H groups in total. The highest BCUT2D eigenvalue weighted by atomic mass is 19.4. The number of carbonyl (C=O) groups excluding carboxylic acids is 1. The normalized spacial score (nSPS) is 17.2. The first kappa shape index (κ1) is 26.1. The number of piperidine rings is 1. The number of benzene rings is 1. The van der Waals surface area contributed by atoms with Crippen molar-refractivity contribution in [3.8, 4) is 11.5 Å². The number of alkyl halides is 6. The number of unbranched alkanes of at least 4 members (excludes halogenated alkanes) is 1. The van der Waals surface area contributed by atoms with Crippen LogP contribution in [0.4, 0.5) is 26.3 Å². The Morgan fingerprint density at radius 2 is 1.78 bits per heavy atom. The molecule has 1 amide bonds. The van der Waals surface area contributed by atoms with Crippen LogP contribution in [0.3, 0.4) is 0 Å². The third kappa shape index (κ3) is 9.13. The molecule has 1 aromatic carbocycles. The number of hydrogen-bond donors (Lipinski definition) is 1. The van der Waals surface area contributed by atoms with Crippen LogP contribution in [0, 0.1) is 0 Å². The Morgan fingerprint density at radius 3 is 2.38 bits per heavy atom. The minimum absolute atomic E-state index is 0.0359. The van der Waals surface area contributed by atoms with E-state index in [9.17, 15) is 31.1 Å². The van der Waals surface area contributed by atoms with Gasteiger partial charge in [-0.15, -0.1) is 0 Å². The van der Waals surface area contributed by atoms with Crippen LogP contribution < -0.4 is 14.8 Å². The second-order valence-corrected chi connectivity index (χ2v) is 7.72. The van der Waals surface area contributed by atoms with Gasteiger partial charge in [0, 0.05) is 19.1 Å². The Hall–Kier alpha value is -2.17. The standard InChI is InChI=1S/C21H28F6N2O3/c1-2-3-10-29(12-15-6-4-5-9-28-15)19(30)17-11-16(31-13-20(22,23)24)7-8-18(17)32-14-21(25,26)27/h7-8,11,15,28H,2-6,9-10,12-14H2,1H3. The molecule has 0 radical (unpaired) electrons. The van der Waals surface area contributed by atoms with Gasteiger partial charge in [0.2, 0.25) is 0 Å². The largest absolute Gasteiger partial charge is 0.484 e. The van der Waals surface area contributed by atoms with E-state index in [0.29, 0.717) is 19.5 Å². The van der Waals surface area contributed by atoms with Crippen LogP contribution in [0.25, 0.3) is 0 Å². The molecule has 1 atom stereocenters. The Morgan fingerprint density at radius 1 is 1.09 bits per heavy atom. The number of amides is 1. The molecule has 1 aliphatic heterocycles. The molecule has 1 fully saturated rings. The highest BCUT2D eigenvalue weighted by Crippen LogP contribution is 2.29. The summed E-state index contributed by atoms with van der Waals surface area (Å²) in [5, 5.41) is 3.32. The second kappa shape index (κ2) is 11.6. The summed E-state index contributed by atoms with van der Waals surface area (Å²) in [6.45, 7) is 0.224. The molecule has 1 heterocycles. The topological polar surface area (TPSA) is 50.8 Å². The fourth-order valence-electron chi connectivity index (χ4n) is 3.36. The maximum absolute atomic E-state index is 13.3. The highest BCUT2D eigenvalue weighted by Gasteiger charge is 2.31. The van der Waals surface area contributed by atoms with Gasteiger partial charge in [0.15, 0.2) is 13.2 Å². The zero-order valence-corrected chi connectivity index (χ0v) is 17.8. The highest BCUT2D eigenvalue weighted by molar-refractivity contribution is 5.97. The van der Waals surface area contributed by atoms with Crippen LogP contribution in [0.5, 0.6) is 11.5 Å². The van der Waals surface area contributed by atoms with Crippen LogP contribution in [0.1, 0.15) is 49.4 Å². The van der Waals surface area contributed by atoms with Crippen LogP contribution >= 0.6 is 0 Å². The van der Waals surface area contributed by atoms with Crippen molar-refractivity contribution in [2.75, 3.05) is 32.8 Å². The van der Waals surface area contributed by atoms with Gasteiger partial charge in [0.05, 0.1) is 5.56 Å². The summed E-state index contributed by atoms with van der Waals surface area (Å²) < 4.78 is 85.0. The van der Waals surface area contributed by atoms with Crippen molar-refractivity contribution in [2.45, 2.75) is 57.4 Å². The molecule has 0 bridgehead atoms. The van der Waals surface area contributed by atoms with Gasteiger partial charge in [0.1, 0.15) is 11.5 Å². The molecule has 32 heavy (non-hydrogen) atoms. The zero-order valence-electron chi connectivity index (χ0n) is 17.8. The van der Waals surface area contributed by atoms with Gasteiger partial charge in [-0.05, 0) is 44.0 Å². The van der Waals surface area contributed by atoms with E-state index in [0.717, 1.165) is 50.4 Å². The Labute approximate surface area is 183 Å². The molecule has 1 unspecified atom stereocenters. The number of nitrogens with one attached hydrogen (secondary N) is 1. The summed E-state index contributed by atoms with van der Waals surface area (Å²) in [5.74, 6) is -1.25. The molecule has 0 aromatic heterocycles. The Bertz CT molecular complexity index is 733. The number of carbonyl (C=O) groups is 1. The number of ether oxygens (including phenoxy) is 2. The summed E-state index contributed by atoms with van der Waals surface area (Å²) in [6.07, 6.45) is -4.92. The SMILES string of the molecule is CCCCN(CC1CCCCN1)C(=O)c1cc(OCC(F)(F)F)ccc1OCC(F)(F)F. The predicted molar refractivity (Wildman–Crippen MR) is 106 cm³/mol. The maximum atomic E-state index is 13.3. The van der Waals surface area contributed by atoms with Crippen molar-refractivity contribution < 1.29 is 40.6 Å². The predicted octanol–water partition coefficient (Wildman–Crippen LogP) is 4.95. The molecule has 2 rings (SSSR count). The van der Waals surface area contributed by atoms with E-state index in [1.807, 2.05) is 6.92 Å². The first-order valence-corrected chi connectivity index (χ1v) is 10.5. The molecule has 1 saturated heterocycles. The minimum Gasteiger partial charge on any atom is -0.484 e. The molecule has 0 aliphatic carbocycles. The summed E-state index contributed by atoms with van der Waals surface area (Å²) >= 11 is 0. The van der Waals surface area contributed by atoms with E-state index < -0.39 is 31.5 Å². The number of nitrogens with zero attached hydrogens (tertiary/aromatic N) is 1. The minimum atomic E-state index is -4.64. The van der Waals surface area contributed by atoms with E-state index in [4.69, 9.17) is 4.74 Å². The van der Waals surface area contributed by atoms with Gasteiger partial charge in [-0.25, -0.2) is 0 Å². The van der Waals surface area contributed by atoms with Crippen molar-refractivity contribution in [3.05, 3.63) is 23.8 Å². The van der Waals surface area contributed by atoms with Crippen LogP contribution in [0.2, 0.25) is 0 Å². The summed E-state index contributed by atoms with van der Waals surface area (Å²) in [6, 6.07) is 3.12. The van der Waals surface area contributed by atoms with E-state index in [2.05, 4.69) is 10.1 Å². The molecule has 1 aromatic rings. The van der Waals surface area contributed by atoms with Crippen molar-refractivity contribution in [2.24, 2.45) is 0 Å². The molecular weight excluding hydrogens is 442 g/mol. The molecule has 182 valence electrons. The molecule has 0 spiro atoms. The maximum Gasteiger partial charge on any atom is 0.422 e. The van der Waals surface area contributed by atoms with Gasteiger partial charge in [0.25, 0.3) is 5.91 Å². The molecule has 0 saturated carbocycles. The first-order chi connectivity index (χ1) is 15.0. The summed E-state index contributed by atoms with van der Waals surface area (Å²) in [5.41, 5.74) is -0.263. The molecule has 11 heteroatoms. The third-order valence-corrected chi connectivity index (χ3v) is 4.90. The Kier molecular flexibility index (Phi) is 9.47. The fraction of sp³-hybridized carbons (Fsp3) is 0.667. The molecular formula is C21H28F6N2O3. The molecule has 1 aliphatic rings. The molecule has 5 nitrogen and oxygen atoms in total. The van der Waals surface area contributed by atoms with Crippen molar-refractivity contribution in [1.29, 1.82) is 0 Å². The van der Waals surface area contributed by atoms with Crippen LogP contribution in [0.15, 0.2) is 18.2 Å². The average Bonchev–Trinajstić information content (AvgIpc) is 2.73. The van der Waals surface area contributed by atoms with Gasteiger partial charge < -0.3 is 19.7 Å². The van der Waals surface area contributed by atoms with E-state index in [-0.39, 0.29) is 23.1 Å². The lowest BCUT2D eigenvalue weighted by molar-refractivity contribution is -0.154. The van der Waals surface area contributed by atoms with Crippen LogP contribution in [-0.4, -0.2) is 62.0 Å². The van der Waals surface area contributed by atoms with Gasteiger partial charge in [-0.1, -0.05) is 19.8 Å². The zero-order chi connectivity index (χ0) is 23.8. The first-order valence-electron chi connectivity index (χ1n) is 10.5. The Balaban J connectivity index is 2.29. The van der Waals surface area contributed by atoms with E-state index in [1.165, 1.54) is 4.90 Å². The number of hydrogen-bond acceptors (Lipinski definition) is 4. The van der Waals surface area contributed by atoms with Crippen LogP contribution in [-0.2, 0) is 0 Å². The third-order valence-electron chi connectivity index (χ3n) is 4.90. The average molecular weight is 470 g/mol. The van der Waals surface area contributed by atoms with Crippen molar-refractivity contribution >= 4 is 5.91 Å². The van der Waals surface area contributed by atoms with Crippen molar-refractivity contribution in [1.82, 2.24) is 10.2 Å². The smallest absolute Gasteiger partial charge is 0.422 e. The monoisotopic (exact) mass is 470 g/mol. The van der Waals surface area contributed by atoms with E-state index in [1.54, 1.807) is 0 Å². The van der Waals surface area contributed by atoms with E-state index >= 15 is 0 Å². The lowest BCUT2D eigenvalue weighted by Gasteiger charge is -2.31. The van der Waals surface area contributed by atoms with Gasteiger partial charge >= 0.3 is 12.4 Å². The quantitative estimate of drug-likeness (QED) is 0.492.